The fourth-order valence-electron chi connectivity index (χ4n) is 1.71. The van der Waals surface area contributed by atoms with Crippen LogP contribution in [0, 0.1) is 22.7 Å². The number of hydrogen-bond donors (Lipinski definition) is 0. The normalized spacial score (nSPS) is 9.56. The lowest BCUT2D eigenvalue weighted by atomic mass is 10.1. The van der Waals surface area contributed by atoms with Crippen LogP contribution in [0.15, 0.2) is 30.5 Å². The van der Waals surface area contributed by atoms with Crippen LogP contribution in [0.4, 0.5) is 0 Å². The molecule has 0 N–H and O–H groups in total. The SMILES string of the molecule is COn1cc(C#N)c(C#N)c1-c1ccc(Cl)cc1. The van der Waals surface area contributed by atoms with E-state index >= 15 is 0 Å². The molecule has 1 heterocycles. The molecular formula is C13H8ClN3O. The second-order valence-electron chi connectivity index (χ2n) is 3.51. The number of benzene rings is 1. The third-order valence-corrected chi connectivity index (χ3v) is 2.77. The fraction of sp³-hybridized carbons (Fsp3) is 0.0769. The molecule has 0 aliphatic heterocycles. The maximum Gasteiger partial charge on any atom is 0.106 e. The van der Waals surface area contributed by atoms with Gasteiger partial charge in [0.15, 0.2) is 0 Å². The minimum absolute atomic E-state index is 0.282. The molecule has 0 radical (unpaired) electrons. The Morgan fingerprint density at radius 2 is 1.83 bits per heavy atom. The van der Waals surface area contributed by atoms with Gasteiger partial charge in [0.25, 0.3) is 0 Å². The van der Waals surface area contributed by atoms with Crippen molar-refractivity contribution in [3.05, 3.63) is 46.6 Å². The molecule has 0 unspecified atom stereocenters. The van der Waals surface area contributed by atoms with Crippen molar-refractivity contribution in [1.82, 2.24) is 4.73 Å². The highest BCUT2D eigenvalue weighted by molar-refractivity contribution is 6.30. The second-order valence-corrected chi connectivity index (χ2v) is 3.94. The molecule has 0 spiro atoms. The molecule has 1 aromatic heterocycles. The first-order chi connectivity index (χ1) is 8.71. The molecule has 18 heavy (non-hydrogen) atoms. The Balaban J connectivity index is 2.70. The summed E-state index contributed by atoms with van der Waals surface area (Å²) in [5, 5.41) is 18.7. The summed E-state index contributed by atoms with van der Waals surface area (Å²) in [6, 6.07) is 11.0. The predicted molar refractivity (Wildman–Crippen MR) is 66.8 cm³/mol. The van der Waals surface area contributed by atoms with Gasteiger partial charge in [0.2, 0.25) is 0 Å². The summed E-state index contributed by atoms with van der Waals surface area (Å²) in [4.78, 5) is 5.14. The van der Waals surface area contributed by atoms with E-state index in [1.807, 2.05) is 12.1 Å². The van der Waals surface area contributed by atoms with Gasteiger partial charge in [-0.3, -0.25) is 0 Å². The van der Waals surface area contributed by atoms with Crippen LogP contribution in [0.25, 0.3) is 11.3 Å². The summed E-state index contributed by atoms with van der Waals surface area (Å²) in [7, 11) is 1.47. The molecule has 0 saturated carbocycles. The minimum atomic E-state index is 0.282. The highest BCUT2D eigenvalue weighted by Gasteiger charge is 2.17. The van der Waals surface area contributed by atoms with Gasteiger partial charge in [0.1, 0.15) is 24.9 Å². The molecule has 4 nitrogen and oxygen atoms in total. The van der Waals surface area contributed by atoms with Crippen molar-refractivity contribution in [1.29, 1.82) is 10.5 Å². The van der Waals surface area contributed by atoms with Gasteiger partial charge in [-0.2, -0.15) is 15.3 Å². The molecule has 0 saturated heterocycles. The topological polar surface area (TPSA) is 61.7 Å². The van der Waals surface area contributed by atoms with Crippen LogP contribution >= 0.6 is 11.6 Å². The molecule has 0 aliphatic rings. The molecule has 0 bridgehead atoms. The van der Waals surface area contributed by atoms with Gasteiger partial charge in [0, 0.05) is 10.6 Å². The van der Waals surface area contributed by atoms with Crippen molar-refractivity contribution in [3.63, 3.8) is 0 Å². The van der Waals surface area contributed by atoms with Crippen molar-refractivity contribution in [2.75, 3.05) is 7.11 Å². The van der Waals surface area contributed by atoms with Crippen LogP contribution in [0.2, 0.25) is 5.02 Å². The summed E-state index contributed by atoms with van der Waals surface area (Å²) < 4.78 is 1.40. The van der Waals surface area contributed by atoms with Crippen LogP contribution < -0.4 is 4.84 Å². The molecule has 0 aliphatic carbocycles. The maximum absolute atomic E-state index is 9.16. The lowest BCUT2D eigenvalue weighted by Crippen LogP contribution is -2.05. The highest BCUT2D eigenvalue weighted by atomic mass is 35.5. The largest absolute Gasteiger partial charge is 0.417 e. The van der Waals surface area contributed by atoms with E-state index in [0.29, 0.717) is 16.3 Å². The van der Waals surface area contributed by atoms with Crippen molar-refractivity contribution in [2.24, 2.45) is 0 Å². The first-order valence-electron chi connectivity index (χ1n) is 5.07. The Morgan fingerprint density at radius 1 is 1.17 bits per heavy atom. The van der Waals surface area contributed by atoms with Crippen molar-refractivity contribution in [2.45, 2.75) is 0 Å². The van der Waals surface area contributed by atoms with Crippen LogP contribution in [0.3, 0.4) is 0 Å². The van der Waals surface area contributed by atoms with E-state index in [9.17, 15) is 0 Å². The Labute approximate surface area is 109 Å². The number of nitriles is 2. The number of nitrogens with zero attached hydrogens (tertiary/aromatic N) is 3. The van der Waals surface area contributed by atoms with Crippen LogP contribution in [-0.4, -0.2) is 11.8 Å². The number of aromatic nitrogens is 1. The number of hydrogen-bond acceptors (Lipinski definition) is 3. The van der Waals surface area contributed by atoms with Gasteiger partial charge in [-0.25, -0.2) is 0 Å². The lowest BCUT2D eigenvalue weighted by Gasteiger charge is -2.07. The highest BCUT2D eigenvalue weighted by Crippen LogP contribution is 2.28. The average Bonchev–Trinajstić information content (AvgIpc) is 2.77. The van der Waals surface area contributed by atoms with E-state index in [-0.39, 0.29) is 5.56 Å². The summed E-state index contributed by atoms with van der Waals surface area (Å²) in [6.07, 6.45) is 1.49. The molecule has 0 amide bonds. The average molecular weight is 258 g/mol. The molecule has 5 heteroatoms. The monoisotopic (exact) mass is 257 g/mol. The molecule has 2 aromatic rings. The summed E-state index contributed by atoms with van der Waals surface area (Å²) in [6.45, 7) is 0. The molecule has 2 rings (SSSR count). The Kier molecular flexibility index (Phi) is 3.23. The molecule has 0 fully saturated rings. The van der Waals surface area contributed by atoms with Crippen LogP contribution in [-0.2, 0) is 0 Å². The number of rotatable bonds is 2. The first-order valence-corrected chi connectivity index (χ1v) is 5.45. The standard InChI is InChI=1S/C13H8ClN3O/c1-18-17-8-10(6-15)12(7-16)13(17)9-2-4-11(14)5-3-9/h2-5,8H,1H3. The molecule has 1 aromatic carbocycles. The smallest absolute Gasteiger partial charge is 0.106 e. The Bertz CT molecular complexity index is 659. The van der Waals surface area contributed by atoms with Gasteiger partial charge in [-0.05, 0) is 12.1 Å². The zero-order valence-corrected chi connectivity index (χ0v) is 10.3. The van der Waals surface area contributed by atoms with E-state index in [4.69, 9.17) is 27.0 Å². The van der Waals surface area contributed by atoms with Crippen LogP contribution in [0.5, 0.6) is 0 Å². The first kappa shape index (κ1) is 12.0. The Morgan fingerprint density at radius 3 is 2.33 bits per heavy atom. The van der Waals surface area contributed by atoms with Crippen molar-refractivity contribution >= 4 is 11.6 Å². The van der Waals surface area contributed by atoms with E-state index < -0.39 is 0 Å². The summed E-state index contributed by atoms with van der Waals surface area (Å²) in [5.41, 5.74) is 1.89. The van der Waals surface area contributed by atoms with Gasteiger partial charge in [-0.15, -0.1) is 0 Å². The van der Waals surface area contributed by atoms with Gasteiger partial charge in [0.05, 0.1) is 17.3 Å². The second kappa shape index (κ2) is 4.83. The van der Waals surface area contributed by atoms with E-state index in [1.54, 1.807) is 24.3 Å². The van der Waals surface area contributed by atoms with E-state index in [0.717, 1.165) is 5.56 Å². The van der Waals surface area contributed by atoms with Crippen LogP contribution in [0.1, 0.15) is 11.1 Å². The summed E-state index contributed by atoms with van der Waals surface area (Å²) in [5.74, 6) is 0. The molecule has 0 atom stereocenters. The maximum atomic E-state index is 9.16. The lowest BCUT2D eigenvalue weighted by molar-refractivity contribution is 0.172. The molecule has 88 valence electrons. The van der Waals surface area contributed by atoms with Crippen molar-refractivity contribution in [3.8, 4) is 23.4 Å². The summed E-state index contributed by atoms with van der Waals surface area (Å²) >= 11 is 5.82. The van der Waals surface area contributed by atoms with Gasteiger partial charge in [-0.1, -0.05) is 23.7 Å². The zero-order chi connectivity index (χ0) is 13.1. The van der Waals surface area contributed by atoms with Gasteiger partial charge >= 0.3 is 0 Å². The van der Waals surface area contributed by atoms with Gasteiger partial charge < -0.3 is 4.84 Å². The predicted octanol–water partition coefficient (Wildman–Crippen LogP) is 2.61. The van der Waals surface area contributed by atoms with E-state index in [2.05, 4.69) is 0 Å². The van der Waals surface area contributed by atoms with Crippen molar-refractivity contribution < 1.29 is 4.84 Å². The quantitative estimate of drug-likeness (QED) is 0.831. The zero-order valence-electron chi connectivity index (χ0n) is 9.51. The third kappa shape index (κ3) is 1.90. The third-order valence-electron chi connectivity index (χ3n) is 2.52. The Hall–Kier alpha value is -2.43. The van der Waals surface area contributed by atoms with E-state index in [1.165, 1.54) is 18.0 Å². The fourth-order valence-corrected chi connectivity index (χ4v) is 1.83. The minimum Gasteiger partial charge on any atom is -0.417 e. The molecular weight excluding hydrogens is 250 g/mol. The number of halogens is 1.